The number of nitrogens with zero attached hydrogens (tertiary/aromatic N) is 2. The van der Waals surface area contributed by atoms with Gasteiger partial charge in [-0.3, -0.25) is 4.31 Å². The quantitative estimate of drug-likeness (QED) is 0.844. The van der Waals surface area contributed by atoms with E-state index in [-0.39, 0.29) is 11.1 Å². The number of aromatic nitrogens is 2. The van der Waals surface area contributed by atoms with Gasteiger partial charge in [0, 0.05) is 18.2 Å². The fourth-order valence-electron chi connectivity index (χ4n) is 2.75. The zero-order valence-corrected chi connectivity index (χ0v) is 12.8. The first-order chi connectivity index (χ1) is 9.93. The lowest BCUT2D eigenvalue weighted by molar-refractivity contribution is 0.581. The molecular weight excluding hydrogens is 288 g/mol. The third-order valence-corrected chi connectivity index (χ3v) is 5.57. The summed E-state index contributed by atoms with van der Waals surface area (Å²) in [6, 6.07) is 5.19. The van der Waals surface area contributed by atoms with Gasteiger partial charge in [-0.1, -0.05) is 6.92 Å². The summed E-state index contributed by atoms with van der Waals surface area (Å²) in [6.07, 6.45) is 2.71. The van der Waals surface area contributed by atoms with Crippen LogP contribution in [0.25, 0.3) is 0 Å². The topological polar surface area (TPSA) is 92.1 Å². The summed E-state index contributed by atoms with van der Waals surface area (Å²) < 4.78 is 27.1. The van der Waals surface area contributed by atoms with E-state index in [1.807, 2.05) is 19.9 Å². The van der Waals surface area contributed by atoms with Crippen LogP contribution in [0.2, 0.25) is 0 Å². The van der Waals surface area contributed by atoms with Crippen LogP contribution in [0.5, 0.6) is 0 Å². The van der Waals surface area contributed by atoms with Crippen LogP contribution < -0.4 is 10.0 Å². The molecule has 1 aliphatic heterocycles. The van der Waals surface area contributed by atoms with Crippen LogP contribution in [-0.4, -0.2) is 24.4 Å². The Bertz CT molecular complexity index is 782. The Hall–Kier alpha value is -2.02. The number of fused-ring (bicyclic) bond motifs is 1. The second-order valence-corrected chi connectivity index (χ2v) is 7.07. The first kappa shape index (κ1) is 13.9. The molecule has 0 spiro atoms. The summed E-state index contributed by atoms with van der Waals surface area (Å²) in [5, 5.41) is 0.135. The number of aromatic amines is 1. The lowest BCUT2D eigenvalue weighted by Crippen LogP contribution is -2.35. The van der Waals surface area contributed by atoms with E-state index >= 15 is 0 Å². The van der Waals surface area contributed by atoms with Crippen molar-refractivity contribution in [2.45, 2.75) is 37.8 Å². The highest BCUT2D eigenvalue weighted by Gasteiger charge is 2.37. The number of aryl methyl sites for hydroxylation is 1. The number of rotatable bonds is 3. The molecule has 7 heteroatoms. The average Bonchev–Trinajstić information content (AvgIpc) is 3.01. The maximum absolute atomic E-state index is 12.8. The van der Waals surface area contributed by atoms with Crippen molar-refractivity contribution in [3.05, 3.63) is 35.8 Å². The fourth-order valence-corrected chi connectivity index (χ4v) is 4.38. The smallest absolute Gasteiger partial charge is 0.281 e. The number of hydrogen-bond acceptors (Lipinski definition) is 4. The number of anilines is 2. The number of benzene rings is 1. The highest BCUT2D eigenvalue weighted by molar-refractivity contribution is 7.92. The summed E-state index contributed by atoms with van der Waals surface area (Å²) in [4.78, 5) is 6.96. The Balaban J connectivity index is 2.07. The zero-order chi connectivity index (χ0) is 15.2. The van der Waals surface area contributed by atoms with Gasteiger partial charge in [-0.2, -0.15) is 8.42 Å². The molecule has 112 valence electrons. The van der Waals surface area contributed by atoms with E-state index in [1.165, 1.54) is 10.5 Å². The van der Waals surface area contributed by atoms with Gasteiger partial charge in [0.1, 0.15) is 5.82 Å². The van der Waals surface area contributed by atoms with E-state index in [0.717, 1.165) is 5.56 Å². The first-order valence-electron chi connectivity index (χ1n) is 6.90. The zero-order valence-electron chi connectivity index (χ0n) is 12.0. The van der Waals surface area contributed by atoms with Crippen molar-refractivity contribution in [3.63, 3.8) is 0 Å². The van der Waals surface area contributed by atoms with Gasteiger partial charge in [-0.05, 0) is 37.1 Å². The average molecular weight is 306 g/mol. The van der Waals surface area contributed by atoms with Crippen LogP contribution in [0.1, 0.15) is 25.2 Å². The highest BCUT2D eigenvalue weighted by Crippen LogP contribution is 2.37. The normalized spacial score (nSPS) is 18.0. The Morgan fingerprint density at radius 3 is 2.90 bits per heavy atom. The monoisotopic (exact) mass is 306 g/mol. The first-order valence-corrected chi connectivity index (χ1v) is 8.34. The predicted octanol–water partition coefficient (Wildman–Crippen LogP) is 1.69. The van der Waals surface area contributed by atoms with Gasteiger partial charge in [-0.15, -0.1) is 0 Å². The van der Waals surface area contributed by atoms with E-state index in [0.29, 0.717) is 30.0 Å². The van der Waals surface area contributed by atoms with Crippen LogP contribution in [-0.2, 0) is 22.9 Å². The summed E-state index contributed by atoms with van der Waals surface area (Å²) in [5.74, 6) is 0.665. The third kappa shape index (κ3) is 2.17. The molecule has 6 nitrogen and oxygen atoms in total. The fraction of sp³-hybridized carbons (Fsp3) is 0.357. The summed E-state index contributed by atoms with van der Waals surface area (Å²) >= 11 is 0. The van der Waals surface area contributed by atoms with Crippen molar-refractivity contribution in [2.24, 2.45) is 0 Å². The number of sulfonamides is 1. The maximum Gasteiger partial charge on any atom is 0.281 e. The Morgan fingerprint density at radius 1 is 1.48 bits per heavy atom. The minimum Gasteiger partial charge on any atom is -0.399 e. The largest absolute Gasteiger partial charge is 0.399 e. The lowest BCUT2D eigenvalue weighted by atomic mass is 10.1. The summed E-state index contributed by atoms with van der Waals surface area (Å²) in [7, 11) is -3.63. The van der Waals surface area contributed by atoms with E-state index in [9.17, 15) is 8.42 Å². The Kier molecular flexibility index (Phi) is 3.16. The molecular formula is C14H18N4O2S. The molecule has 0 fully saturated rings. The second kappa shape index (κ2) is 4.77. The molecule has 3 N–H and O–H groups in total. The minimum atomic E-state index is -3.63. The molecule has 2 heterocycles. The molecule has 1 atom stereocenters. The van der Waals surface area contributed by atoms with Crippen molar-refractivity contribution in [1.29, 1.82) is 0 Å². The molecule has 1 aromatic heterocycles. The molecule has 0 saturated heterocycles. The van der Waals surface area contributed by atoms with Gasteiger partial charge in [0.15, 0.2) is 5.03 Å². The number of hydrogen-bond donors (Lipinski definition) is 2. The third-order valence-electron chi connectivity index (χ3n) is 3.73. The molecule has 0 bridgehead atoms. The number of H-pyrrole nitrogens is 1. The Morgan fingerprint density at radius 2 is 2.24 bits per heavy atom. The van der Waals surface area contributed by atoms with E-state index < -0.39 is 10.0 Å². The highest BCUT2D eigenvalue weighted by atomic mass is 32.2. The second-order valence-electron chi connectivity index (χ2n) is 5.29. The molecule has 21 heavy (non-hydrogen) atoms. The van der Waals surface area contributed by atoms with Gasteiger partial charge in [0.05, 0.1) is 11.9 Å². The van der Waals surface area contributed by atoms with Gasteiger partial charge < -0.3 is 10.7 Å². The standard InChI is InChI=1S/C14H18N4O2S/c1-3-13-16-8-14(17-13)21(19,20)18-9(2)6-10-7-11(15)4-5-12(10)18/h4-5,7-9H,3,6,15H2,1-2H3,(H,16,17). The lowest BCUT2D eigenvalue weighted by Gasteiger charge is -2.23. The molecule has 0 aliphatic carbocycles. The van der Waals surface area contributed by atoms with Crippen molar-refractivity contribution >= 4 is 21.4 Å². The summed E-state index contributed by atoms with van der Waals surface area (Å²) in [6.45, 7) is 3.82. The molecule has 0 radical (unpaired) electrons. The van der Waals surface area contributed by atoms with E-state index in [1.54, 1.807) is 12.1 Å². The van der Waals surface area contributed by atoms with Crippen LogP contribution in [0.15, 0.2) is 29.4 Å². The van der Waals surface area contributed by atoms with Gasteiger partial charge in [-0.25, -0.2) is 4.98 Å². The van der Waals surface area contributed by atoms with Gasteiger partial charge >= 0.3 is 0 Å². The van der Waals surface area contributed by atoms with Crippen molar-refractivity contribution in [3.8, 4) is 0 Å². The molecule has 1 aliphatic rings. The number of nitrogens with two attached hydrogens (primary N) is 1. The Labute approximate surface area is 124 Å². The minimum absolute atomic E-state index is 0.135. The number of nitrogen functional groups attached to an aromatic ring is 1. The molecule has 3 rings (SSSR count). The van der Waals surface area contributed by atoms with E-state index in [4.69, 9.17) is 5.73 Å². The van der Waals surface area contributed by atoms with Crippen molar-refractivity contribution < 1.29 is 8.42 Å². The molecule has 0 saturated carbocycles. The number of imidazole rings is 1. The van der Waals surface area contributed by atoms with Crippen LogP contribution >= 0.6 is 0 Å². The van der Waals surface area contributed by atoms with Crippen molar-refractivity contribution in [1.82, 2.24) is 9.97 Å². The maximum atomic E-state index is 12.8. The van der Waals surface area contributed by atoms with Crippen LogP contribution in [0.4, 0.5) is 11.4 Å². The van der Waals surface area contributed by atoms with Gasteiger partial charge in [0.2, 0.25) is 0 Å². The van der Waals surface area contributed by atoms with Crippen LogP contribution in [0.3, 0.4) is 0 Å². The molecule has 0 amide bonds. The predicted molar refractivity (Wildman–Crippen MR) is 81.7 cm³/mol. The van der Waals surface area contributed by atoms with Crippen LogP contribution in [0, 0.1) is 0 Å². The molecule has 1 aromatic carbocycles. The molecule has 1 unspecified atom stereocenters. The van der Waals surface area contributed by atoms with Crippen molar-refractivity contribution in [2.75, 3.05) is 10.0 Å². The summed E-state index contributed by atoms with van der Waals surface area (Å²) in [5.41, 5.74) is 8.09. The van der Waals surface area contributed by atoms with E-state index in [2.05, 4.69) is 9.97 Å². The number of nitrogens with one attached hydrogen (secondary N) is 1. The SMILES string of the molecule is CCc1ncc(S(=O)(=O)N2c3ccc(N)cc3CC2C)[nH]1. The molecule has 2 aromatic rings. The van der Waals surface area contributed by atoms with Gasteiger partial charge in [0.25, 0.3) is 10.0 Å².